The summed E-state index contributed by atoms with van der Waals surface area (Å²) in [5, 5.41) is 18.8. The quantitative estimate of drug-likeness (QED) is 0.682. The first kappa shape index (κ1) is 19.5. The lowest BCUT2D eigenvalue weighted by Gasteiger charge is -2.34. The summed E-state index contributed by atoms with van der Waals surface area (Å²) in [5.41, 5.74) is -4.43. The van der Waals surface area contributed by atoms with Crippen LogP contribution < -0.4 is 5.32 Å². The number of aromatic amines is 1. The molecular weight excluding hydrogens is 369 g/mol. The van der Waals surface area contributed by atoms with Crippen LogP contribution in [0.4, 0.5) is 23.8 Å². The first-order valence-electron chi connectivity index (χ1n) is 8.47. The number of likely N-dealkylation sites (tertiary alicyclic amines) is 1. The van der Waals surface area contributed by atoms with Crippen LogP contribution in [0, 0.1) is 0 Å². The number of hydrogen-bond donors (Lipinski definition) is 3. The minimum absolute atomic E-state index is 0.0656. The molecule has 1 saturated heterocycles. The lowest BCUT2D eigenvalue weighted by atomic mass is 9.83. The van der Waals surface area contributed by atoms with E-state index in [1.807, 2.05) is 0 Å². The van der Waals surface area contributed by atoms with Crippen molar-refractivity contribution in [3.8, 4) is 0 Å². The zero-order chi connectivity index (χ0) is 20.2. The predicted octanol–water partition coefficient (Wildman–Crippen LogP) is 2.23. The Kier molecular flexibility index (Phi) is 4.41. The highest BCUT2D eigenvalue weighted by Crippen LogP contribution is 2.49. The number of halogens is 3. The van der Waals surface area contributed by atoms with Crippen molar-refractivity contribution in [1.29, 1.82) is 0 Å². The molecule has 2 atom stereocenters. The molecule has 0 bridgehead atoms. The Balaban J connectivity index is 1.89. The third-order valence-corrected chi connectivity index (χ3v) is 4.60. The lowest BCUT2D eigenvalue weighted by molar-refractivity contribution is -0.267. The molecule has 1 fully saturated rings. The fourth-order valence-electron chi connectivity index (χ4n) is 3.39. The van der Waals surface area contributed by atoms with Gasteiger partial charge in [-0.3, -0.25) is 9.89 Å². The van der Waals surface area contributed by atoms with Gasteiger partial charge in [0, 0.05) is 24.7 Å². The first-order valence-corrected chi connectivity index (χ1v) is 8.47. The zero-order valence-corrected chi connectivity index (χ0v) is 15.1. The Labute approximate surface area is 153 Å². The molecule has 2 aliphatic rings. The topological polar surface area (TPSA) is 108 Å². The maximum Gasteiger partial charge on any atom is 0.422 e. The SMILES string of the molecule is CC(C)(C)OC(=O)N1CC[C@H](c2[nH]nc3c2C(O)(C(F)(F)F)CC(=O)N3)C1. The molecule has 1 aromatic rings. The highest BCUT2D eigenvalue weighted by atomic mass is 19.4. The number of ether oxygens (including phenoxy) is 1. The van der Waals surface area contributed by atoms with Crippen molar-refractivity contribution in [3.63, 3.8) is 0 Å². The van der Waals surface area contributed by atoms with E-state index in [1.165, 1.54) is 4.90 Å². The summed E-state index contributed by atoms with van der Waals surface area (Å²) in [6.07, 6.45) is -6.38. The summed E-state index contributed by atoms with van der Waals surface area (Å²) in [7, 11) is 0. The molecule has 27 heavy (non-hydrogen) atoms. The van der Waals surface area contributed by atoms with Crippen molar-refractivity contribution in [1.82, 2.24) is 15.1 Å². The van der Waals surface area contributed by atoms with Crippen LogP contribution in [0.5, 0.6) is 0 Å². The van der Waals surface area contributed by atoms with E-state index in [0.29, 0.717) is 13.0 Å². The largest absolute Gasteiger partial charge is 0.444 e. The summed E-state index contributed by atoms with van der Waals surface area (Å²) in [6, 6.07) is 0. The van der Waals surface area contributed by atoms with Crippen LogP contribution in [0.2, 0.25) is 0 Å². The van der Waals surface area contributed by atoms with Gasteiger partial charge in [0.25, 0.3) is 0 Å². The van der Waals surface area contributed by atoms with Gasteiger partial charge < -0.3 is 20.1 Å². The van der Waals surface area contributed by atoms with Crippen molar-refractivity contribution in [2.75, 3.05) is 18.4 Å². The number of nitrogens with zero attached hydrogens (tertiary/aromatic N) is 2. The molecule has 0 saturated carbocycles. The third kappa shape index (κ3) is 3.47. The normalized spacial score (nSPS) is 26.0. The standard InChI is InChI=1S/C16H21F3N4O4/c1-14(2,3)27-13(25)23-5-4-8(7-23)11-10-12(22-21-11)20-9(24)6-15(10,26)16(17,18)19/h8,26H,4-7H2,1-3H3,(H2,20,21,22,24)/t8-,15?/m0/s1. The fraction of sp³-hybridized carbons (Fsp3) is 0.688. The first-order chi connectivity index (χ1) is 12.3. The average molecular weight is 390 g/mol. The van der Waals surface area contributed by atoms with Crippen molar-refractivity contribution in [3.05, 3.63) is 11.3 Å². The van der Waals surface area contributed by atoms with Crippen LogP contribution in [0.3, 0.4) is 0 Å². The number of amides is 2. The Hall–Kier alpha value is -2.30. The number of H-pyrrole nitrogens is 1. The molecule has 3 heterocycles. The van der Waals surface area contributed by atoms with E-state index in [2.05, 4.69) is 15.5 Å². The average Bonchev–Trinajstić information content (AvgIpc) is 3.09. The molecule has 150 valence electrons. The van der Waals surface area contributed by atoms with Gasteiger partial charge in [0.2, 0.25) is 5.91 Å². The number of hydrogen-bond acceptors (Lipinski definition) is 5. The predicted molar refractivity (Wildman–Crippen MR) is 87.0 cm³/mol. The summed E-state index contributed by atoms with van der Waals surface area (Å²) < 4.78 is 46.0. The molecule has 1 aromatic heterocycles. The Bertz CT molecular complexity index is 771. The van der Waals surface area contributed by atoms with Gasteiger partial charge in [0.1, 0.15) is 5.60 Å². The van der Waals surface area contributed by atoms with E-state index >= 15 is 0 Å². The van der Waals surface area contributed by atoms with Crippen molar-refractivity contribution < 1.29 is 32.6 Å². The van der Waals surface area contributed by atoms with Gasteiger partial charge in [-0.05, 0) is 27.2 Å². The molecule has 1 unspecified atom stereocenters. The van der Waals surface area contributed by atoms with E-state index in [-0.39, 0.29) is 18.1 Å². The summed E-state index contributed by atoms with van der Waals surface area (Å²) >= 11 is 0. The van der Waals surface area contributed by atoms with Crippen molar-refractivity contribution in [2.24, 2.45) is 0 Å². The van der Waals surface area contributed by atoms with Crippen LogP contribution >= 0.6 is 0 Å². The minimum atomic E-state index is -5.05. The minimum Gasteiger partial charge on any atom is -0.444 e. The Morgan fingerprint density at radius 2 is 2.04 bits per heavy atom. The third-order valence-electron chi connectivity index (χ3n) is 4.60. The number of anilines is 1. The summed E-state index contributed by atoms with van der Waals surface area (Å²) in [6.45, 7) is 5.57. The Morgan fingerprint density at radius 3 is 2.63 bits per heavy atom. The molecule has 0 spiro atoms. The van der Waals surface area contributed by atoms with E-state index in [4.69, 9.17) is 4.74 Å². The fourth-order valence-corrected chi connectivity index (χ4v) is 3.39. The number of carbonyl (C=O) groups is 2. The molecule has 8 nitrogen and oxygen atoms in total. The number of alkyl halides is 3. The second-order valence-electron chi connectivity index (χ2n) is 7.86. The van der Waals surface area contributed by atoms with Crippen LogP contribution in [0.15, 0.2) is 0 Å². The highest BCUT2D eigenvalue weighted by Gasteiger charge is 2.61. The van der Waals surface area contributed by atoms with E-state index in [9.17, 15) is 27.9 Å². The molecule has 0 aliphatic carbocycles. The Morgan fingerprint density at radius 1 is 1.37 bits per heavy atom. The number of aliphatic hydroxyl groups is 1. The second kappa shape index (κ2) is 6.11. The van der Waals surface area contributed by atoms with Crippen LogP contribution in [0.1, 0.15) is 50.8 Å². The molecule has 2 aliphatic heterocycles. The van der Waals surface area contributed by atoms with E-state index in [0.717, 1.165) is 0 Å². The van der Waals surface area contributed by atoms with Crippen LogP contribution in [0.25, 0.3) is 0 Å². The molecule has 2 amide bonds. The molecular formula is C16H21F3N4O4. The molecule has 0 aromatic carbocycles. The summed E-state index contributed by atoms with van der Waals surface area (Å²) in [4.78, 5) is 25.2. The van der Waals surface area contributed by atoms with Gasteiger partial charge in [-0.2, -0.15) is 18.3 Å². The molecule has 3 N–H and O–H groups in total. The highest BCUT2D eigenvalue weighted by molar-refractivity contribution is 5.94. The van der Waals surface area contributed by atoms with Crippen molar-refractivity contribution in [2.45, 2.75) is 56.9 Å². The number of aromatic nitrogens is 2. The number of nitrogens with one attached hydrogen (secondary N) is 2. The second-order valence-corrected chi connectivity index (χ2v) is 7.86. The van der Waals surface area contributed by atoms with Gasteiger partial charge in [-0.1, -0.05) is 0 Å². The maximum atomic E-state index is 13.6. The number of carbonyl (C=O) groups excluding carboxylic acids is 2. The molecule has 11 heteroatoms. The van der Waals surface area contributed by atoms with Crippen LogP contribution in [-0.4, -0.2) is 57.1 Å². The lowest BCUT2D eigenvalue weighted by Crippen LogP contribution is -2.48. The van der Waals surface area contributed by atoms with Gasteiger partial charge in [-0.25, -0.2) is 4.79 Å². The monoisotopic (exact) mass is 390 g/mol. The van der Waals surface area contributed by atoms with Gasteiger partial charge in [0.05, 0.1) is 12.0 Å². The number of fused-ring (bicyclic) bond motifs is 1. The van der Waals surface area contributed by atoms with Crippen LogP contribution in [-0.2, 0) is 15.1 Å². The van der Waals surface area contributed by atoms with E-state index in [1.54, 1.807) is 20.8 Å². The zero-order valence-electron chi connectivity index (χ0n) is 15.1. The van der Waals surface area contributed by atoms with Gasteiger partial charge >= 0.3 is 12.3 Å². The van der Waals surface area contributed by atoms with E-state index < -0.39 is 47.3 Å². The maximum absolute atomic E-state index is 13.6. The smallest absolute Gasteiger partial charge is 0.422 e. The van der Waals surface area contributed by atoms with Crippen molar-refractivity contribution >= 4 is 17.8 Å². The summed E-state index contributed by atoms with van der Waals surface area (Å²) in [5.74, 6) is -1.81. The van der Waals surface area contributed by atoms with Gasteiger partial charge in [0.15, 0.2) is 11.4 Å². The number of rotatable bonds is 1. The molecule has 3 rings (SSSR count). The molecule has 0 radical (unpaired) electrons. The van der Waals surface area contributed by atoms with Gasteiger partial charge in [-0.15, -0.1) is 0 Å².